The molecule has 2 N–H and O–H groups in total. The van der Waals surface area contributed by atoms with Crippen molar-refractivity contribution in [2.45, 2.75) is 13.1 Å². The summed E-state index contributed by atoms with van der Waals surface area (Å²) in [6, 6.07) is 2.82. The molecule has 26 heavy (non-hydrogen) atoms. The number of aryl methyl sites for hydroxylation is 1. The maximum absolute atomic E-state index is 13.1. The topological polar surface area (TPSA) is 82.0 Å². The van der Waals surface area contributed by atoms with Gasteiger partial charge in [-0.3, -0.25) is 4.98 Å². The van der Waals surface area contributed by atoms with E-state index in [0.29, 0.717) is 15.7 Å². The van der Waals surface area contributed by atoms with Crippen molar-refractivity contribution in [3.63, 3.8) is 0 Å². The van der Waals surface area contributed by atoms with Crippen molar-refractivity contribution in [3.05, 3.63) is 48.0 Å². The average Bonchev–Trinajstić information content (AvgIpc) is 3.15. The van der Waals surface area contributed by atoms with E-state index in [1.807, 2.05) is 13.0 Å². The molecule has 4 rings (SSSR count). The van der Waals surface area contributed by atoms with Crippen LogP contribution in [-0.2, 0) is 6.18 Å². The van der Waals surface area contributed by atoms with E-state index in [-0.39, 0.29) is 5.56 Å². The molecule has 0 fully saturated rings. The summed E-state index contributed by atoms with van der Waals surface area (Å²) in [6.45, 7) is 1.93. The van der Waals surface area contributed by atoms with E-state index in [1.54, 1.807) is 12.4 Å². The van der Waals surface area contributed by atoms with Crippen LogP contribution in [0.4, 0.5) is 19.0 Å². The molecule has 0 radical (unpaired) electrons. The molecule has 0 spiro atoms. The molecule has 0 bridgehead atoms. The number of pyridine rings is 2. The van der Waals surface area contributed by atoms with E-state index in [4.69, 9.17) is 5.73 Å². The minimum absolute atomic E-state index is 0.235. The predicted octanol–water partition coefficient (Wildman–Crippen LogP) is 3.82. The Morgan fingerprint density at radius 1 is 1.15 bits per heavy atom. The third kappa shape index (κ3) is 2.68. The lowest BCUT2D eigenvalue weighted by molar-refractivity contribution is -0.137. The Labute approximate surface area is 149 Å². The number of hydrogen-bond acceptors (Lipinski definition) is 6. The normalized spacial score (nSPS) is 12.0. The van der Waals surface area contributed by atoms with E-state index in [1.165, 1.54) is 28.2 Å². The minimum atomic E-state index is -4.59. The van der Waals surface area contributed by atoms with Crippen LogP contribution in [0.15, 0.2) is 36.9 Å². The second kappa shape index (κ2) is 5.77. The molecule has 0 saturated heterocycles. The standard InChI is InChI=1S/C16H11F3N6S/c1-8-2-3-21-6-10(8)14-24-25-12(7-23-15(25)26-14)9-4-11(16(17,18)19)13(20)22-5-9/h2-7H,1H3,(H2,20,22). The Balaban J connectivity index is 1.85. The highest BCUT2D eigenvalue weighted by Crippen LogP contribution is 2.36. The van der Waals surface area contributed by atoms with Crippen molar-refractivity contribution in [2.75, 3.05) is 5.73 Å². The molecule has 4 aromatic heterocycles. The molecule has 6 nitrogen and oxygen atoms in total. The molecule has 0 amide bonds. The average molecular weight is 376 g/mol. The molecule has 0 atom stereocenters. The zero-order valence-corrected chi connectivity index (χ0v) is 14.1. The lowest BCUT2D eigenvalue weighted by Crippen LogP contribution is -2.10. The van der Waals surface area contributed by atoms with Gasteiger partial charge in [0.1, 0.15) is 10.8 Å². The van der Waals surface area contributed by atoms with Crippen molar-refractivity contribution < 1.29 is 13.2 Å². The van der Waals surface area contributed by atoms with Gasteiger partial charge < -0.3 is 5.73 Å². The van der Waals surface area contributed by atoms with Crippen molar-refractivity contribution >= 4 is 22.1 Å². The number of nitrogens with two attached hydrogens (primary N) is 1. The number of alkyl halides is 3. The van der Waals surface area contributed by atoms with Crippen LogP contribution < -0.4 is 5.73 Å². The van der Waals surface area contributed by atoms with E-state index in [0.717, 1.165) is 17.2 Å². The maximum Gasteiger partial charge on any atom is 0.419 e. The summed E-state index contributed by atoms with van der Waals surface area (Å²) in [4.78, 5) is 12.6. The Bertz CT molecular complexity index is 1110. The van der Waals surface area contributed by atoms with Crippen LogP contribution in [0.3, 0.4) is 0 Å². The molecule has 132 valence electrons. The van der Waals surface area contributed by atoms with E-state index in [9.17, 15) is 13.2 Å². The van der Waals surface area contributed by atoms with Gasteiger partial charge in [-0.15, -0.1) is 0 Å². The zero-order chi connectivity index (χ0) is 18.5. The molecule has 0 aliphatic carbocycles. The van der Waals surface area contributed by atoms with Gasteiger partial charge in [0.15, 0.2) is 0 Å². The SMILES string of the molecule is Cc1ccncc1-c1nn2c(-c3cnc(N)c(C(F)(F)F)c3)cnc2s1. The fourth-order valence-corrected chi connectivity index (χ4v) is 3.48. The van der Waals surface area contributed by atoms with Gasteiger partial charge in [-0.1, -0.05) is 11.3 Å². The number of hydrogen-bond donors (Lipinski definition) is 1. The first-order chi connectivity index (χ1) is 12.3. The number of imidazole rings is 1. The van der Waals surface area contributed by atoms with Crippen LogP contribution in [0, 0.1) is 6.92 Å². The monoisotopic (exact) mass is 376 g/mol. The Morgan fingerprint density at radius 3 is 2.69 bits per heavy atom. The van der Waals surface area contributed by atoms with Crippen LogP contribution >= 0.6 is 11.3 Å². The second-order valence-electron chi connectivity index (χ2n) is 5.59. The van der Waals surface area contributed by atoms with Gasteiger partial charge in [0.05, 0.1) is 17.5 Å². The molecule has 0 aliphatic rings. The van der Waals surface area contributed by atoms with E-state index >= 15 is 0 Å². The van der Waals surface area contributed by atoms with E-state index in [2.05, 4.69) is 20.1 Å². The Hall–Kier alpha value is -3.01. The van der Waals surface area contributed by atoms with Gasteiger partial charge >= 0.3 is 6.18 Å². The first-order valence-corrected chi connectivity index (χ1v) is 8.25. The Morgan fingerprint density at radius 2 is 1.96 bits per heavy atom. The minimum Gasteiger partial charge on any atom is -0.383 e. The number of aromatic nitrogens is 5. The van der Waals surface area contributed by atoms with Crippen LogP contribution in [-0.4, -0.2) is 24.6 Å². The molecular formula is C16H11F3N6S. The van der Waals surface area contributed by atoms with Crippen LogP contribution in [0.25, 0.3) is 26.8 Å². The third-order valence-corrected chi connectivity index (χ3v) is 4.83. The first-order valence-electron chi connectivity index (χ1n) is 7.43. The summed E-state index contributed by atoms with van der Waals surface area (Å²) in [5.74, 6) is -0.563. The van der Waals surface area contributed by atoms with Crippen molar-refractivity contribution in [2.24, 2.45) is 0 Å². The summed E-state index contributed by atoms with van der Waals surface area (Å²) in [6.07, 6.45) is 1.53. The van der Waals surface area contributed by atoms with Crippen LogP contribution in [0.5, 0.6) is 0 Å². The highest BCUT2D eigenvalue weighted by Gasteiger charge is 2.34. The number of nitrogens with zero attached hydrogens (tertiary/aromatic N) is 5. The summed E-state index contributed by atoms with van der Waals surface area (Å²) in [5, 5.41) is 5.17. The van der Waals surface area contributed by atoms with Crippen molar-refractivity contribution in [1.82, 2.24) is 24.6 Å². The molecule has 0 aromatic carbocycles. The second-order valence-corrected chi connectivity index (χ2v) is 6.55. The highest BCUT2D eigenvalue weighted by atomic mass is 32.1. The van der Waals surface area contributed by atoms with Gasteiger partial charge in [-0.05, 0) is 24.6 Å². The maximum atomic E-state index is 13.1. The quantitative estimate of drug-likeness (QED) is 0.575. The number of halogens is 3. The predicted molar refractivity (Wildman–Crippen MR) is 91.5 cm³/mol. The number of anilines is 1. The zero-order valence-electron chi connectivity index (χ0n) is 13.3. The molecule has 0 aliphatic heterocycles. The molecule has 4 aromatic rings. The van der Waals surface area contributed by atoms with Crippen molar-refractivity contribution in [3.8, 4) is 21.8 Å². The smallest absolute Gasteiger partial charge is 0.383 e. The first kappa shape index (κ1) is 16.5. The van der Waals surface area contributed by atoms with E-state index < -0.39 is 17.6 Å². The third-order valence-electron chi connectivity index (χ3n) is 3.87. The van der Waals surface area contributed by atoms with Gasteiger partial charge in [-0.2, -0.15) is 18.3 Å². The van der Waals surface area contributed by atoms with Crippen LogP contribution in [0.2, 0.25) is 0 Å². The lowest BCUT2D eigenvalue weighted by atomic mass is 10.1. The molecule has 0 unspecified atom stereocenters. The summed E-state index contributed by atoms with van der Waals surface area (Å²) >= 11 is 1.33. The molecule has 0 saturated carbocycles. The fraction of sp³-hybridized carbons (Fsp3) is 0.125. The fourth-order valence-electron chi connectivity index (χ4n) is 2.53. The van der Waals surface area contributed by atoms with Gasteiger partial charge in [0.2, 0.25) is 4.96 Å². The molecule has 10 heteroatoms. The highest BCUT2D eigenvalue weighted by molar-refractivity contribution is 7.19. The summed E-state index contributed by atoms with van der Waals surface area (Å²) in [5.41, 5.74) is 6.86. The summed E-state index contributed by atoms with van der Waals surface area (Å²) in [7, 11) is 0. The Kier molecular flexibility index (Phi) is 3.65. The number of fused-ring (bicyclic) bond motifs is 1. The van der Waals surface area contributed by atoms with Gasteiger partial charge in [0, 0.05) is 29.7 Å². The number of rotatable bonds is 2. The van der Waals surface area contributed by atoms with Crippen molar-refractivity contribution in [1.29, 1.82) is 0 Å². The molecular weight excluding hydrogens is 365 g/mol. The van der Waals surface area contributed by atoms with Gasteiger partial charge in [0.25, 0.3) is 0 Å². The summed E-state index contributed by atoms with van der Waals surface area (Å²) < 4.78 is 40.8. The van der Waals surface area contributed by atoms with Gasteiger partial charge in [-0.25, -0.2) is 14.5 Å². The molecule has 4 heterocycles. The largest absolute Gasteiger partial charge is 0.419 e. The van der Waals surface area contributed by atoms with Crippen LogP contribution in [0.1, 0.15) is 11.1 Å². The lowest BCUT2D eigenvalue weighted by Gasteiger charge is -2.10. The number of nitrogen functional groups attached to an aromatic ring is 1.